The van der Waals surface area contributed by atoms with Crippen LogP contribution in [0.3, 0.4) is 0 Å². The molecule has 0 bridgehead atoms. The minimum atomic E-state index is 0.325. The van der Waals surface area contributed by atoms with Crippen LogP contribution in [0.2, 0.25) is 0 Å². The van der Waals surface area contributed by atoms with Crippen LogP contribution in [0, 0.1) is 6.92 Å². The monoisotopic (exact) mass is 276 g/mol. The highest BCUT2D eigenvalue weighted by Gasteiger charge is 2.28. The lowest BCUT2D eigenvalue weighted by atomic mass is 10.0. The first-order valence-corrected chi connectivity index (χ1v) is 7.78. The Bertz CT molecular complexity index is 433. The van der Waals surface area contributed by atoms with Gasteiger partial charge in [0.05, 0.1) is 12.1 Å². The smallest absolute Gasteiger partial charge is 0.0750 e. The fraction of sp³-hybridized carbons (Fsp3) is 0.647. The Hall–Kier alpha value is -1.06. The second-order valence-corrected chi connectivity index (χ2v) is 5.83. The van der Waals surface area contributed by atoms with E-state index in [-0.39, 0.29) is 0 Å². The number of likely N-dealkylation sites (N-methyl/N-ethyl adjacent to an activating group) is 1. The number of aryl methyl sites for hydroxylation is 1. The van der Waals surface area contributed by atoms with Gasteiger partial charge in [0.25, 0.3) is 0 Å². The Morgan fingerprint density at radius 3 is 2.80 bits per heavy atom. The lowest BCUT2D eigenvalue weighted by molar-refractivity contribution is 0.118. The molecule has 1 aromatic rings. The summed E-state index contributed by atoms with van der Waals surface area (Å²) in [4.78, 5) is 2.37. The Balaban J connectivity index is 2.04. The van der Waals surface area contributed by atoms with Gasteiger partial charge in [0.2, 0.25) is 0 Å². The van der Waals surface area contributed by atoms with Gasteiger partial charge in [0.1, 0.15) is 0 Å². The number of benzene rings is 1. The lowest BCUT2D eigenvalue weighted by Gasteiger charge is -2.29. The molecule has 1 aliphatic rings. The number of rotatable bonds is 6. The molecular formula is C17H28N2O. The van der Waals surface area contributed by atoms with Crippen molar-refractivity contribution in [3.63, 3.8) is 0 Å². The van der Waals surface area contributed by atoms with E-state index in [1.165, 1.54) is 23.2 Å². The normalized spacial score (nSPS) is 22.2. The van der Waals surface area contributed by atoms with Gasteiger partial charge in [-0.25, -0.2) is 0 Å². The zero-order valence-electron chi connectivity index (χ0n) is 13.3. The van der Waals surface area contributed by atoms with Gasteiger partial charge in [-0.3, -0.25) is 0 Å². The van der Waals surface area contributed by atoms with E-state index in [0.29, 0.717) is 12.1 Å². The van der Waals surface area contributed by atoms with Crippen molar-refractivity contribution in [2.24, 2.45) is 0 Å². The van der Waals surface area contributed by atoms with E-state index in [1.807, 2.05) is 0 Å². The Morgan fingerprint density at radius 1 is 1.40 bits per heavy atom. The van der Waals surface area contributed by atoms with Crippen LogP contribution in [0.25, 0.3) is 0 Å². The molecule has 0 aromatic heterocycles. The van der Waals surface area contributed by atoms with Gasteiger partial charge < -0.3 is 15.0 Å². The largest absolute Gasteiger partial charge is 0.376 e. The van der Waals surface area contributed by atoms with Crippen molar-refractivity contribution in [1.82, 2.24) is 5.32 Å². The van der Waals surface area contributed by atoms with Crippen molar-refractivity contribution >= 4 is 5.69 Å². The highest BCUT2D eigenvalue weighted by molar-refractivity contribution is 5.51. The molecule has 1 fully saturated rings. The summed E-state index contributed by atoms with van der Waals surface area (Å²) in [5, 5.41) is 3.47. The van der Waals surface area contributed by atoms with Crippen molar-refractivity contribution < 1.29 is 4.74 Å². The summed E-state index contributed by atoms with van der Waals surface area (Å²) < 4.78 is 5.68. The van der Waals surface area contributed by atoms with Crippen LogP contribution in [-0.4, -0.2) is 32.3 Å². The summed E-state index contributed by atoms with van der Waals surface area (Å²) >= 11 is 0. The highest BCUT2D eigenvalue weighted by atomic mass is 16.5. The maximum absolute atomic E-state index is 5.68. The second-order valence-electron chi connectivity index (χ2n) is 5.83. The summed E-state index contributed by atoms with van der Waals surface area (Å²) in [5.74, 6) is 0. The van der Waals surface area contributed by atoms with Crippen molar-refractivity contribution in [3.8, 4) is 0 Å². The van der Waals surface area contributed by atoms with Crippen molar-refractivity contribution in [3.05, 3.63) is 29.3 Å². The second kappa shape index (κ2) is 7.09. The molecule has 2 rings (SSSR count). The van der Waals surface area contributed by atoms with Crippen molar-refractivity contribution in [2.75, 3.05) is 25.1 Å². The number of anilines is 1. The molecule has 0 amide bonds. The fourth-order valence-corrected chi connectivity index (χ4v) is 2.92. The zero-order valence-corrected chi connectivity index (χ0v) is 13.3. The summed E-state index contributed by atoms with van der Waals surface area (Å²) in [5.41, 5.74) is 4.06. The molecule has 0 saturated carbocycles. The molecule has 0 radical (unpaired) electrons. The van der Waals surface area contributed by atoms with E-state index in [4.69, 9.17) is 4.74 Å². The van der Waals surface area contributed by atoms with Crippen LogP contribution in [0.15, 0.2) is 18.2 Å². The molecule has 1 heterocycles. The molecule has 2 atom stereocenters. The van der Waals surface area contributed by atoms with Gasteiger partial charge in [-0.05, 0) is 56.5 Å². The van der Waals surface area contributed by atoms with E-state index in [9.17, 15) is 0 Å². The highest BCUT2D eigenvalue weighted by Crippen LogP contribution is 2.26. The zero-order chi connectivity index (χ0) is 14.5. The average molecular weight is 276 g/mol. The first kappa shape index (κ1) is 15.3. The summed E-state index contributed by atoms with van der Waals surface area (Å²) in [6.07, 6.45) is 2.63. The van der Waals surface area contributed by atoms with Gasteiger partial charge >= 0.3 is 0 Å². The minimum absolute atomic E-state index is 0.325. The molecule has 1 aromatic carbocycles. The topological polar surface area (TPSA) is 24.5 Å². The quantitative estimate of drug-likeness (QED) is 0.808. The molecule has 1 saturated heterocycles. The van der Waals surface area contributed by atoms with Gasteiger partial charge in [0, 0.05) is 25.9 Å². The van der Waals surface area contributed by atoms with Crippen LogP contribution in [0.1, 0.15) is 37.8 Å². The predicted molar refractivity (Wildman–Crippen MR) is 85.4 cm³/mol. The average Bonchev–Trinajstić information content (AvgIpc) is 2.86. The van der Waals surface area contributed by atoms with Gasteiger partial charge in [-0.2, -0.15) is 0 Å². The van der Waals surface area contributed by atoms with Gasteiger partial charge in [0.15, 0.2) is 0 Å². The number of hydrogen-bond donors (Lipinski definition) is 1. The third-order valence-corrected chi connectivity index (χ3v) is 4.31. The Morgan fingerprint density at radius 2 is 2.20 bits per heavy atom. The molecule has 1 N–H and O–H groups in total. The number of hydrogen-bond acceptors (Lipinski definition) is 3. The number of nitrogens with zero attached hydrogens (tertiary/aromatic N) is 1. The van der Waals surface area contributed by atoms with E-state index < -0.39 is 0 Å². The third-order valence-electron chi connectivity index (χ3n) is 4.31. The first-order valence-electron chi connectivity index (χ1n) is 7.78. The molecule has 3 heteroatoms. The number of ether oxygens (including phenoxy) is 1. The molecule has 0 aliphatic carbocycles. The summed E-state index contributed by atoms with van der Waals surface area (Å²) in [6.45, 7) is 9.50. The van der Waals surface area contributed by atoms with Gasteiger partial charge in [-0.1, -0.05) is 13.0 Å². The van der Waals surface area contributed by atoms with Crippen LogP contribution < -0.4 is 10.2 Å². The maximum atomic E-state index is 5.68. The van der Waals surface area contributed by atoms with Crippen LogP contribution in [0.5, 0.6) is 0 Å². The molecule has 0 spiro atoms. The Kier molecular flexibility index (Phi) is 5.44. The molecule has 112 valence electrons. The van der Waals surface area contributed by atoms with Crippen molar-refractivity contribution in [2.45, 2.75) is 52.3 Å². The van der Waals surface area contributed by atoms with E-state index in [2.05, 4.69) is 56.2 Å². The first-order chi connectivity index (χ1) is 9.63. The third kappa shape index (κ3) is 3.53. The number of nitrogens with one attached hydrogen (secondary N) is 1. The van der Waals surface area contributed by atoms with Crippen LogP contribution in [0.4, 0.5) is 5.69 Å². The predicted octanol–water partition coefficient (Wildman–Crippen LogP) is 3.11. The van der Waals surface area contributed by atoms with Crippen LogP contribution >= 0.6 is 0 Å². The van der Waals surface area contributed by atoms with E-state index in [0.717, 1.165) is 26.1 Å². The summed E-state index contributed by atoms with van der Waals surface area (Å²) in [7, 11) is 2.18. The maximum Gasteiger partial charge on any atom is 0.0750 e. The standard InChI is InChI=1S/C17H28N2O/c1-5-9-18-12-15-6-7-16(11-13(15)2)19(4)17-8-10-20-14(17)3/h6-7,11,14,17-18H,5,8-10,12H2,1-4H3. The lowest BCUT2D eigenvalue weighted by Crippen LogP contribution is -2.36. The molecule has 3 nitrogen and oxygen atoms in total. The SMILES string of the molecule is CCCNCc1ccc(N(C)C2CCOC2C)cc1C. The van der Waals surface area contributed by atoms with Crippen LogP contribution in [-0.2, 0) is 11.3 Å². The van der Waals surface area contributed by atoms with E-state index in [1.54, 1.807) is 0 Å². The molecule has 2 unspecified atom stereocenters. The fourth-order valence-electron chi connectivity index (χ4n) is 2.92. The van der Waals surface area contributed by atoms with E-state index >= 15 is 0 Å². The Labute approximate surface area is 123 Å². The van der Waals surface area contributed by atoms with Crippen molar-refractivity contribution in [1.29, 1.82) is 0 Å². The molecule has 20 heavy (non-hydrogen) atoms. The molecular weight excluding hydrogens is 248 g/mol. The van der Waals surface area contributed by atoms with Gasteiger partial charge in [-0.15, -0.1) is 0 Å². The minimum Gasteiger partial charge on any atom is -0.376 e. The summed E-state index contributed by atoms with van der Waals surface area (Å²) in [6, 6.07) is 7.29. The molecule has 1 aliphatic heterocycles.